The molecule has 2 nitrogen and oxygen atoms in total. The Morgan fingerprint density at radius 1 is 1.22 bits per heavy atom. The van der Waals surface area contributed by atoms with Crippen molar-refractivity contribution < 1.29 is 9.90 Å². The average molecular weight is 260 g/mol. The van der Waals surface area contributed by atoms with Gasteiger partial charge in [-0.2, -0.15) is 0 Å². The summed E-state index contributed by atoms with van der Waals surface area (Å²) >= 11 is 1.56. The Kier molecular flexibility index (Phi) is 3.53. The third-order valence-electron chi connectivity index (χ3n) is 3.07. The smallest absolute Gasteiger partial charge is 0.311 e. The molecule has 0 aliphatic rings. The maximum atomic E-state index is 11.0. The van der Waals surface area contributed by atoms with Gasteiger partial charge in [-0.3, -0.25) is 4.79 Å². The summed E-state index contributed by atoms with van der Waals surface area (Å²) in [4.78, 5) is 13.0. The van der Waals surface area contributed by atoms with Crippen molar-refractivity contribution in [2.45, 2.75) is 26.7 Å². The summed E-state index contributed by atoms with van der Waals surface area (Å²) in [6.07, 6.45) is 0. The molecule has 18 heavy (non-hydrogen) atoms. The fourth-order valence-electron chi connectivity index (χ4n) is 1.94. The Morgan fingerprint density at radius 2 is 1.94 bits per heavy atom. The molecule has 1 unspecified atom stereocenters. The van der Waals surface area contributed by atoms with E-state index < -0.39 is 11.9 Å². The Balaban J connectivity index is 2.38. The predicted octanol–water partition coefficient (Wildman–Crippen LogP) is 4.22. The maximum Gasteiger partial charge on any atom is 0.311 e. The van der Waals surface area contributed by atoms with E-state index in [2.05, 4.69) is 32.0 Å². The van der Waals surface area contributed by atoms with E-state index in [4.69, 9.17) is 5.11 Å². The molecule has 0 saturated carbocycles. The lowest BCUT2D eigenvalue weighted by Crippen LogP contribution is -2.04. The SMILES string of the molecule is Cc1ccc(-c2ccc(C(C)C(=O)O)s2)c(C)c1. The molecule has 0 radical (unpaired) electrons. The highest BCUT2D eigenvalue weighted by Crippen LogP contribution is 2.34. The molecule has 1 heterocycles. The minimum atomic E-state index is -0.774. The number of hydrogen-bond donors (Lipinski definition) is 1. The van der Waals surface area contributed by atoms with Crippen molar-refractivity contribution in [1.29, 1.82) is 0 Å². The van der Waals surface area contributed by atoms with E-state index in [1.54, 1.807) is 18.3 Å². The standard InChI is InChI=1S/C15H16O2S/c1-9-4-5-12(10(2)8-9)14-7-6-13(18-14)11(3)15(16)17/h4-8,11H,1-3H3,(H,16,17). The van der Waals surface area contributed by atoms with Crippen LogP contribution >= 0.6 is 11.3 Å². The first-order valence-corrected chi connectivity index (χ1v) is 6.71. The number of carboxylic acids is 1. The molecule has 0 saturated heterocycles. The first kappa shape index (κ1) is 12.8. The van der Waals surface area contributed by atoms with E-state index in [0.29, 0.717) is 0 Å². The molecule has 0 aliphatic heterocycles. The molecule has 1 aromatic carbocycles. The topological polar surface area (TPSA) is 37.3 Å². The van der Waals surface area contributed by atoms with Gasteiger partial charge in [0.2, 0.25) is 0 Å². The van der Waals surface area contributed by atoms with Gasteiger partial charge in [-0.1, -0.05) is 23.8 Å². The van der Waals surface area contributed by atoms with Gasteiger partial charge in [0.25, 0.3) is 0 Å². The first-order valence-electron chi connectivity index (χ1n) is 5.89. The van der Waals surface area contributed by atoms with E-state index in [0.717, 1.165) is 9.75 Å². The van der Waals surface area contributed by atoms with Gasteiger partial charge < -0.3 is 5.11 Å². The van der Waals surface area contributed by atoms with Crippen LogP contribution in [0.2, 0.25) is 0 Å². The zero-order chi connectivity index (χ0) is 13.3. The highest BCUT2D eigenvalue weighted by molar-refractivity contribution is 7.15. The van der Waals surface area contributed by atoms with Crippen molar-refractivity contribution >= 4 is 17.3 Å². The molecule has 0 amide bonds. The van der Waals surface area contributed by atoms with Crippen molar-refractivity contribution in [2.24, 2.45) is 0 Å². The minimum absolute atomic E-state index is 0.436. The summed E-state index contributed by atoms with van der Waals surface area (Å²) in [6, 6.07) is 10.3. The fourth-order valence-corrected chi connectivity index (χ4v) is 3.08. The Hall–Kier alpha value is -1.61. The average Bonchev–Trinajstić information content (AvgIpc) is 2.77. The number of aliphatic carboxylic acids is 1. The largest absolute Gasteiger partial charge is 0.481 e. The molecule has 0 fully saturated rings. The lowest BCUT2D eigenvalue weighted by atomic mass is 10.0. The summed E-state index contributed by atoms with van der Waals surface area (Å²) in [5.74, 6) is -1.21. The van der Waals surface area contributed by atoms with Crippen LogP contribution in [0, 0.1) is 13.8 Å². The van der Waals surface area contributed by atoms with Crippen LogP contribution in [0.25, 0.3) is 10.4 Å². The number of aryl methyl sites for hydroxylation is 2. The van der Waals surface area contributed by atoms with Crippen molar-refractivity contribution in [3.05, 3.63) is 46.3 Å². The summed E-state index contributed by atoms with van der Waals surface area (Å²) in [7, 11) is 0. The van der Waals surface area contributed by atoms with Crippen LogP contribution in [0.4, 0.5) is 0 Å². The molecule has 1 aromatic heterocycles. The second kappa shape index (κ2) is 4.94. The molecular weight excluding hydrogens is 244 g/mol. The highest BCUT2D eigenvalue weighted by Gasteiger charge is 2.16. The van der Waals surface area contributed by atoms with Gasteiger partial charge in [-0.15, -0.1) is 11.3 Å². The van der Waals surface area contributed by atoms with Crippen molar-refractivity contribution in [1.82, 2.24) is 0 Å². The van der Waals surface area contributed by atoms with Crippen LogP contribution in [0.1, 0.15) is 28.8 Å². The Bertz CT molecular complexity index is 584. The van der Waals surface area contributed by atoms with E-state index >= 15 is 0 Å². The third-order valence-corrected chi connectivity index (χ3v) is 4.37. The number of carboxylic acid groups (broad SMARTS) is 1. The van der Waals surface area contributed by atoms with E-state index in [9.17, 15) is 4.79 Å². The Morgan fingerprint density at radius 3 is 2.56 bits per heavy atom. The van der Waals surface area contributed by atoms with Crippen molar-refractivity contribution in [3.63, 3.8) is 0 Å². The van der Waals surface area contributed by atoms with Crippen molar-refractivity contribution in [3.8, 4) is 10.4 Å². The zero-order valence-electron chi connectivity index (χ0n) is 10.7. The maximum absolute atomic E-state index is 11.0. The van der Waals surface area contributed by atoms with Crippen LogP contribution in [0.15, 0.2) is 30.3 Å². The third kappa shape index (κ3) is 2.46. The molecule has 0 spiro atoms. The quantitative estimate of drug-likeness (QED) is 0.897. The highest BCUT2D eigenvalue weighted by atomic mass is 32.1. The van der Waals surface area contributed by atoms with Gasteiger partial charge in [0, 0.05) is 9.75 Å². The van der Waals surface area contributed by atoms with E-state index in [-0.39, 0.29) is 0 Å². The second-order valence-electron chi connectivity index (χ2n) is 4.58. The van der Waals surface area contributed by atoms with Gasteiger partial charge in [-0.05, 0) is 44.0 Å². The van der Waals surface area contributed by atoms with Gasteiger partial charge >= 0.3 is 5.97 Å². The summed E-state index contributed by atoms with van der Waals surface area (Å²) in [5, 5.41) is 9.01. The molecule has 2 rings (SSSR count). The minimum Gasteiger partial charge on any atom is -0.481 e. The number of rotatable bonds is 3. The van der Waals surface area contributed by atoms with Crippen molar-refractivity contribution in [2.75, 3.05) is 0 Å². The Labute approximate surface area is 111 Å². The second-order valence-corrected chi connectivity index (χ2v) is 5.70. The summed E-state index contributed by atoms with van der Waals surface area (Å²) in [5.41, 5.74) is 3.66. The van der Waals surface area contributed by atoms with Gasteiger partial charge in [0.05, 0.1) is 5.92 Å². The van der Waals surface area contributed by atoms with Gasteiger partial charge in [0.1, 0.15) is 0 Å². The summed E-state index contributed by atoms with van der Waals surface area (Å²) < 4.78 is 0. The van der Waals surface area contributed by atoms with E-state index in [1.807, 2.05) is 12.1 Å². The van der Waals surface area contributed by atoms with Crippen LogP contribution in [-0.2, 0) is 4.79 Å². The predicted molar refractivity (Wildman–Crippen MR) is 75.3 cm³/mol. The lowest BCUT2D eigenvalue weighted by Gasteiger charge is -2.05. The number of thiophene rings is 1. The lowest BCUT2D eigenvalue weighted by molar-refractivity contribution is -0.138. The normalized spacial score (nSPS) is 12.4. The molecule has 1 N–H and O–H groups in total. The monoisotopic (exact) mass is 260 g/mol. The first-order chi connectivity index (χ1) is 8.49. The van der Waals surface area contributed by atoms with Crippen LogP contribution in [0.5, 0.6) is 0 Å². The van der Waals surface area contributed by atoms with Crippen LogP contribution in [0.3, 0.4) is 0 Å². The van der Waals surface area contributed by atoms with Gasteiger partial charge in [-0.25, -0.2) is 0 Å². The van der Waals surface area contributed by atoms with E-state index in [1.165, 1.54) is 16.7 Å². The molecular formula is C15H16O2S. The molecule has 0 bridgehead atoms. The number of hydrogen-bond acceptors (Lipinski definition) is 2. The molecule has 1 atom stereocenters. The molecule has 0 aliphatic carbocycles. The zero-order valence-corrected chi connectivity index (χ0v) is 11.5. The number of benzene rings is 1. The number of carbonyl (C=O) groups is 1. The molecule has 94 valence electrons. The molecule has 2 aromatic rings. The fraction of sp³-hybridized carbons (Fsp3) is 0.267. The summed E-state index contributed by atoms with van der Waals surface area (Å²) in [6.45, 7) is 5.88. The molecule has 3 heteroatoms. The van der Waals surface area contributed by atoms with Crippen LogP contribution < -0.4 is 0 Å². The van der Waals surface area contributed by atoms with Crippen LogP contribution in [-0.4, -0.2) is 11.1 Å². The van der Waals surface area contributed by atoms with Gasteiger partial charge in [0.15, 0.2) is 0 Å².